The first-order valence-corrected chi connectivity index (χ1v) is 8.95. The van der Waals surface area contributed by atoms with Gasteiger partial charge in [-0.1, -0.05) is 29.4 Å². The zero-order chi connectivity index (χ0) is 17.6. The summed E-state index contributed by atoms with van der Waals surface area (Å²) < 4.78 is 10.6. The lowest BCUT2D eigenvalue weighted by Gasteiger charge is -2.06. The van der Waals surface area contributed by atoms with Gasteiger partial charge in [0.1, 0.15) is 11.4 Å². The lowest BCUT2D eigenvalue weighted by molar-refractivity contribution is 0.0947. The second-order valence-electron chi connectivity index (χ2n) is 5.30. The molecule has 25 heavy (non-hydrogen) atoms. The summed E-state index contributed by atoms with van der Waals surface area (Å²) in [5.74, 6) is 1.25. The van der Waals surface area contributed by atoms with Crippen LogP contribution in [0.2, 0.25) is 0 Å². The summed E-state index contributed by atoms with van der Waals surface area (Å²) >= 11 is 1.54. The van der Waals surface area contributed by atoms with Crippen molar-refractivity contribution in [1.29, 1.82) is 0 Å². The number of rotatable bonds is 6. The van der Waals surface area contributed by atoms with Gasteiger partial charge in [-0.3, -0.25) is 4.79 Å². The fraction of sp³-hybridized carbons (Fsp3) is 0.158. The van der Waals surface area contributed by atoms with E-state index in [9.17, 15) is 4.79 Å². The zero-order valence-corrected chi connectivity index (χ0v) is 14.8. The van der Waals surface area contributed by atoms with Gasteiger partial charge in [-0.25, -0.2) is 0 Å². The van der Waals surface area contributed by atoms with Gasteiger partial charge in [-0.15, -0.1) is 11.8 Å². The molecule has 1 N–H and O–H groups in total. The fourth-order valence-electron chi connectivity index (χ4n) is 2.41. The number of benzene rings is 2. The molecule has 0 unspecified atom stereocenters. The van der Waals surface area contributed by atoms with Gasteiger partial charge in [-0.2, -0.15) is 0 Å². The standard InChI is InChI=1S/C19H18N2O3S/c1-23-15-7-5-6-13(10-15)17-11-14(21-24-17)12-20-19(22)16-8-3-4-9-18(16)25-2/h3-11H,12H2,1-2H3,(H,20,22). The predicted molar refractivity (Wildman–Crippen MR) is 97.9 cm³/mol. The van der Waals surface area contributed by atoms with Crippen LogP contribution in [0.3, 0.4) is 0 Å². The number of carbonyl (C=O) groups is 1. The average Bonchev–Trinajstić information content (AvgIpc) is 3.15. The van der Waals surface area contributed by atoms with Crippen molar-refractivity contribution >= 4 is 17.7 Å². The van der Waals surface area contributed by atoms with Crippen molar-refractivity contribution in [2.24, 2.45) is 0 Å². The van der Waals surface area contributed by atoms with Gasteiger partial charge in [0.15, 0.2) is 5.76 Å². The van der Waals surface area contributed by atoms with E-state index in [1.807, 2.05) is 60.9 Å². The number of hydrogen-bond acceptors (Lipinski definition) is 5. The van der Waals surface area contributed by atoms with Crippen LogP contribution >= 0.6 is 11.8 Å². The number of nitrogens with zero attached hydrogens (tertiary/aromatic N) is 1. The lowest BCUT2D eigenvalue weighted by atomic mass is 10.1. The third-order valence-corrected chi connectivity index (χ3v) is 4.49. The van der Waals surface area contributed by atoms with E-state index in [1.54, 1.807) is 18.9 Å². The number of thioether (sulfide) groups is 1. The largest absolute Gasteiger partial charge is 0.497 e. The van der Waals surface area contributed by atoms with Gasteiger partial charge in [0.25, 0.3) is 5.91 Å². The number of amides is 1. The fourth-order valence-corrected chi connectivity index (χ4v) is 3.00. The van der Waals surface area contributed by atoms with E-state index in [0.29, 0.717) is 23.6 Å². The Bertz CT molecular complexity index is 876. The topological polar surface area (TPSA) is 64.4 Å². The third-order valence-electron chi connectivity index (χ3n) is 3.69. The molecule has 0 saturated heterocycles. The molecule has 0 bridgehead atoms. The summed E-state index contributed by atoms with van der Waals surface area (Å²) in [7, 11) is 1.62. The molecule has 128 valence electrons. The average molecular weight is 354 g/mol. The monoisotopic (exact) mass is 354 g/mol. The minimum atomic E-state index is -0.129. The van der Waals surface area contributed by atoms with Crippen LogP contribution in [0.4, 0.5) is 0 Å². The number of aromatic nitrogens is 1. The highest BCUT2D eigenvalue weighted by Crippen LogP contribution is 2.24. The highest BCUT2D eigenvalue weighted by molar-refractivity contribution is 7.98. The predicted octanol–water partition coefficient (Wildman–Crippen LogP) is 4.00. The number of carbonyl (C=O) groups excluding carboxylic acids is 1. The van der Waals surface area contributed by atoms with Crippen LogP contribution in [0.1, 0.15) is 16.1 Å². The molecular weight excluding hydrogens is 336 g/mol. The molecule has 0 aliphatic carbocycles. The first-order valence-electron chi connectivity index (χ1n) is 7.72. The van der Waals surface area contributed by atoms with E-state index in [0.717, 1.165) is 16.2 Å². The second kappa shape index (κ2) is 7.90. The Kier molecular flexibility index (Phi) is 5.40. The summed E-state index contributed by atoms with van der Waals surface area (Å²) in [6, 6.07) is 16.9. The van der Waals surface area contributed by atoms with Crippen LogP contribution in [0.25, 0.3) is 11.3 Å². The molecule has 0 fully saturated rings. The van der Waals surface area contributed by atoms with Crippen LogP contribution in [0.5, 0.6) is 5.75 Å². The van der Waals surface area contributed by atoms with Crippen molar-refractivity contribution in [3.05, 3.63) is 65.9 Å². The Morgan fingerprint density at radius 2 is 2.04 bits per heavy atom. The number of methoxy groups -OCH3 is 1. The molecule has 6 heteroatoms. The lowest BCUT2D eigenvalue weighted by Crippen LogP contribution is -2.23. The van der Waals surface area contributed by atoms with Gasteiger partial charge in [0.2, 0.25) is 0 Å². The maximum atomic E-state index is 12.4. The maximum Gasteiger partial charge on any atom is 0.252 e. The summed E-state index contributed by atoms with van der Waals surface area (Å²) in [6.45, 7) is 0.301. The van der Waals surface area contributed by atoms with E-state index in [2.05, 4.69) is 10.5 Å². The van der Waals surface area contributed by atoms with Gasteiger partial charge in [0.05, 0.1) is 19.2 Å². The highest BCUT2D eigenvalue weighted by atomic mass is 32.2. The molecule has 2 aromatic carbocycles. The Balaban J connectivity index is 1.68. The van der Waals surface area contributed by atoms with E-state index in [4.69, 9.17) is 9.26 Å². The molecule has 5 nitrogen and oxygen atoms in total. The Morgan fingerprint density at radius 1 is 1.20 bits per heavy atom. The van der Waals surface area contributed by atoms with Crippen molar-refractivity contribution in [1.82, 2.24) is 10.5 Å². The number of nitrogens with one attached hydrogen (secondary N) is 1. The normalized spacial score (nSPS) is 10.5. The van der Waals surface area contributed by atoms with E-state index >= 15 is 0 Å². The number of hydrogen-bond donors (Lipinski definition) is 1. The van der Waals surface area contributed by atoms with E-state index in [-0.39, 0.29) is 5.91 Å². The van der Waals surface area contributed by atoms with Crippen molar-refractivity contribution in [3.63, 3.8) is 0 Å². The molecule has 0 aliphatic heterocycles. The minimum Gasteiger partial charge on any atom is -0.497 e. The van der Waals surface area contributed by atoms with Crippen LogP contribution in [-0.2, 0) is 6.54 Å². The van der Waals surface area contributed by atoms with Crippen molar-refractivity contribution in [2.75, 3.05) is 13.4 Å². The third kappa shape index (κ3) is 4.03. The molecule has 0 aliphatic rings. The van der Waals surface area contributed by atoms with Crippen molar-refractivity contribution < 1.29 is 14.1 Å². The first-order chi connectivity index (χ1) is 12.2. The molecule has 0 spiro atoms. The Labute approximate surface area is 150 Å². The molecule has 0 saturated carbocycles. The maximum absolute atomic E-state index is 12.4. The molecule has 3 aromatic rings. The first kappa shape index (κ1) is 17.1. The van der Waals surface area contributed by atoms with Crippen LogP contribution in [0, 0.1) is 0 Å². The molecule has 0 radical (unpaired) electrons. The van der Waals surface area contributed by atoms with Crippen LogP contribution < -0.4 is 10.1 Å². The molecular formula is C19H18N2O3S. The van der Waals surface area contributed by atoms with Crippen LogP contribution in [0.15, 0.2) is 64.0 Å². The van der Waals surface area contributed by atoms with Gasteiger partial charge < -0.3 is 14.6 Å². The minimum absolute atomic E-state index is 0.129. The van der Waals surface area contributed by atoms with Crippen LogP contribution in [-0.4, -0.2) is 24.4 Å². The van der Waals surface area contributed by atoms with E-state index in [1.165, 1.54) is 0 Å². The summed E-state index contributed by atoms with van der Waals surface area (Å²) in [5, 5.41) is 6.90. The molecule has 3 rings (SSSR count). The van der Waals surface area contributed by atoms with Gasteiger partial charge in [0, 0.05) is 16.5 Å². The smallest absolute Gasteiger partial charge is 0.252 e. The summed E-state index contributed by atoms with van der Waals surface area (Å²) in [5.41, 5.74) is 2.19. The number of ether oxygens (including phenoxy) is 1. The van der Waals surface area contributed by atoms with Gasteiger partial charge in [-0.05, 0) is 30.5 Å². The van der Waals surface area contributed by atoms with Crippen molar-refractivity contribution in [3.8, 4) is 17.1 Å². The molecule has 1 heterocycles. The highest BCUT2D eigenvalue weighted by Gasteiger charge is 2.12. The SMILES string of the molecule is COc1cccc(-c2cc(CNC(=O)c3ccccc3SC)no2)c1. The Hall–Kier alpha value is -2.73. The molecule has 1 aromatic heterocycles. The van der Waals surface area contributed by atoms with Crippen molar-refractivity contribution in [2.45, 2.75) is 11.4 Å². The molecule has 0 atom stereocenters. The Morgan fingerprint density at radius 3 is 2.84 bits per heavy atom. The van der Waals surface area contributed by atoms with E-state index < -0.39 is 0 Å². The van der Waals surface area contributed by atoms with Gasteiger partial charge >= 0.3 is 0 Å². The second-order valence-corrected chi connectivity index (χ2v) is 6.15. The zero-order valence-electron chi connectivity index (χ0n) is 14.0. The quantitative estimate of drug-likeness (QED) is 0.678. The summed E-state index contributed by atoms with van der Waals surface area (Å²) in [6.07, 6.45) is 1.95. The summed E-state index contributed by atoms with van der Waals surface area (Å²) in [4.78, 5) is 13.3. The molecule has 1 amide bonds.